The molecule has 1 N–H and O–H groups in total. The fraction of sp³-hybridized carbons (Fsp3) is 0.348. The lowest BCUT2D eigenvalue weighted by atomic mass is 10.1. The molecule has 4 nitrogen and oxygen atoms in total. The lowest BCUT2D eigenvalue weighted by molar-refractivity contribution is -0.127. The Kier molecular flexibility index (Phi) is 7.76. The third-order valence-corrected chi connectivity index (χ3v) is 4.73. The van der Waals surface area contributed by atoms with Crippen molar-refractivity contribution in [3.8, 4) is 0 Å². The smallest absolute Gasteiger partial charge is 0.270 e. The van der Waals surface area contributed by atoms with Gasteiger partial charge in [-0.25, -0.2) is 8.78 Å². The number of anilines is 1. The molecule has 1 aromatic carbocycles. The number of halogens is 2. The van der Waals surface area contributed by atoms with Gasteiger partial charge >= 0.3 is 0 Å². The van der Waals surface area contributed by atoms with E-state index < -0.39 is 5.92 Å². The molecule has 0 saturated carbocycles. The van der Waals surface area contributed by atoms with Crippen LogP contribution in [0.15, 0.2) is 73.1 Å². The molecule has 1 aromatic rings. The fourth-order valence-electron chi connectivity index (χ4n) is 3.07. The van der Waals surface area contributed by atoms with Crippen LogP contribution in [0, 0.1) is 0 Å². The summed E-state index contributed by atoms with van der Waals surface area (Å²) >= 11 is 0. The van der Waals surface area contributed by atoms with Crippen LogP contribution in [0.25, 0.3) is 0 Å². The molecule has 0 spiro atoms. The maximum absolute atomic E-state index is 13.4. The van der Waals surface area contributed by atoms with Gasteiger partial charge in [0.05, 0.1) is 11.4 Å². The Balaban J connectivity index is 2.12. The molecule has 1 fully saturated rings. The number of alkyl halides is 2. The molecule has 29 heavy (non-hydrogen) atoms. The molecule has 156 valence electrons. The number of carbonyl (C=O) groups is 1. The van der Waals surface area contributed by atoms with Crippen molar-refractivity contribution >= 4 is 11.6 Å². The van der Waals surface area contributed by atoms with Crippen molar-refractivity contribution in [2.75, 3.05) is 31.5 Å². The zero-order chi connectivity index (χ0) is 21.4. The van der Waals surface area contributed by atoms with Crippen molar-refractivity contribution in [1.29, 1.82) is 0 Å². The summed E-state index contributed by atoms with van der Waals surface area (Å²) in [5.74, 6) is -2.93. The van der Waals surface area contributed by atoms with Crippen molar-refractivity contribution in [3.63, 3.8) is 0 Å². The Bertz CT molecular complexity index is 783. The minimum absolute atomic E-state index is 0.0293. The van der Waals surface area contributed by atoms with E-state index in [0.29, 0.717) is 37.6 Å². The molecule has 2 rings (SSSR count). The van der Waals surface area contributed by atoms with Gasteiger partial charge in [0, 0.05) is 44.4 Å². The third-order valence-electron chi connectivity index (χ3n) is 4.73. The minimum atomic E-state index is -2.87. The highest BCUT2D eigenvalue weighted by atomic mass is 19.3. The van der Waals surface area contributed by atoms with E-state index in [2.05, 4.69) is 30.3 Å². The van der Waals surface area contributed by atoms with Crippen molar-refractivity contribution in [2.24, 2.45) is 0 Å². The first-order valence-electron chi connectivity index (χ1n) is 9.74. The topological polar surface area (TPSA) is 35.6 Å². The Morgan fingerprint density at radius 3 is 2.28 bits per heavy atom. The first-order chi connectivity index (χ1) is 13.8. The second kappa shape index (κ2) is 10.0. The van der Waals surface area contributed by atoms with E-state index in [1.807, 2.05) is 18.2 Å². The summed E-state index contributed by atoms with van der Waals surface area (Å²) in [4.78, 5) is 15.7. The van der Waals surface area contributed by atoms with Crippen molar-refractivity contribution in [1.82, 2.24) is 9.80 Å². The normalized spacial score (nSPS) is 15.5. The number of nitrogens with one attached hydrogen (secondary N) is 1. The quantitative estimate of drug-likeness (QED) is 0.497. The van der Waals surface area contributed by atoms with Crippen LogP contribution in [0.2, 0.25) is 0 Å². The zero-order valence-electron chi connectivity index (χ0n) is 17.1. The largest absolute Gasteiger partial charge is 0.366 e. The van der Waals surface area contributed by atoms with Gasteiger partial charge in [-0.2, -0.15) is 0 Å². The summed E-state index contributed by atoms with van der Waals surface area (Å²) in [7, 11) is 0. The van der Waals surface area contributed by atoms with E-state index in [9.17, 15) is 13.6 Å². The zero-order valence-corrected chi connectivity index (χ0v) is 17.1. The Hall–Kier alpha value is -2.89. The minimum Gasteiger partial charge on any atom is -0.366 e. The molecule has 0 aromatic heterocycles. The first kappa shape index (κ1) is 22.4. The van der Waals surface area contributed by atoms with E-state index in [0.717, 1.165) is 19.0 Å². The van der Waals surface area contributed by atoms with Gasteiger partial charge in [0.25, 0.3) is 5.92 Å². The number of hydrogen-bond donors (Lipinski definition) is 1. The number of rotatable bonds is 8. The molecule has 6 heteroatoms. The van der Waals surface area contributed by atoms with Crippen LogP contribution in [-0.4, -0.2) is 41.9 Å². The first-order valence-corrected chi connectivity index (χ1v) is 9.74. The number of nitrogens with zero attached hydrogens (tertiary/aromatic N) is 2. The highest BCUT2D eigenvalue weighted by Gasteiger charge is 2.24. The monoisotopic (exact) mass is 401 g/mol. The second-order valence-corrected chi connectivity index (χ2v) is 6.97. The Labute approximate surface area is 171 Å². The number of allylic oxidation sites excluding steroid dienone is 3. The van der Waals surface area contributed by atoms with Crippen LogP contribution in [0.1, 0.15) is 25.8 Å². The van der Waals surface area contributed by atoms with Crippen LogP contribution in [0.3, 0.4) is 0 Å². The van der Waals surface area contributed by atoms with Crippen LogP contribution >= 0.6 is 0 Å². The standard InChI is InChI=1S/C23H29F2N3O/c1-5-7-8-9-21(27-14-16-28(17-15-27)22(29)6-2)18(3)26-20-12-10-19(11-13-20)23(4,24)25/h6-13,26H,2-3,5,14-17H2,1,4H3/b8-7+,21-9+. The summed E-state index contributed by atoms with van der Waals surface area (Å²) in [5, 5.41) is 3.21. The molecule has 0 aliphatic carbocycles. The van der Waals surface area contributed by atoms with Gasteiger partial charge in [0.2, 0.25) is 5.91 Å². The van der Waals surface area contributed by atoms with Crippen LogP contribution in [0.5, 0.6) is 0 Å². The van der Waals surface area contributed by atoms with Gasteiger partial charge in [-0.3, -0.25) is 4.79 Å². The third kappa shape index (κ3) is 6.31. The van der Waals surface area contributed by atoms with Crippen LogP contribution in [0.4, 0.5) is 14.5 Å². The molecule has 1 saturated heterocycles. The molecule has 1 aliphatic rings. The Morgan fingerprint density at radius 2 is 1.76 bits per heavy atom. The summed E-state index contributed by atoms with van der Waals surface area (Å²) in [5.41, 5.74) is 2.24. The lowest BCUT2D eigenvalue weighted by Crippen LogP contribution is -2.48. The molecule has 1 aliphatic heterocycles. The van der Waals surface area contributed by atoms with E-state index in [1.165, 1.54) is 18.2 Å². The molecule has 0 bridgehead atoms. The molecule has 0 atom stereocenters. The maximum Gasteiger partial charge on any atom is 0.270 e. The van der Waals surface area contributed by atoms with E-state index in [1.54, 1.807) is 17.0 Å². The summed E-state index contributed by atoms with van der Waals surface area (Å²) in [6.45, 7) is 13.2. The number of hydrogen-bond acceptors (Lipinski definition) is 3. The van der Waals surface area contributed by atoms with E-state index in [4.69, 9.17) is 0 Å². The second-order valence-electron chi connectivity index (χ2n) is 6.97. The van der Waals surface area contributed by atoms with Gasteiger partial charge in [-0.05, 0) is 30.7 Å². The van der Waals surface area contributed by atoms with Gasteiger partial charge in [0.15, 0.2) is 0 Å². The summed E-state index contributed by atoms with van der Waals surface area (Å²) in [6.07, 6.45) is 8.25. The number of carbonyl (C=O) groups excluding carboxylic acids is 1. The highest BCUT2D eigenvalue weighted by Crippen LogP contribution is 2.28. The van der Waals surface area contributed by atoms with Gasteiger partial charge in [0.1, 0.15) is 0 Å². The number of benzene rings is 1. The average molecular weight is 402 g/mol. The average Bonchev–Trinajstić information content (AvgIpc) is 2.70. The summed E-state index contributed by atoms with van der Waals surface area (Å²) < 4.78 is 26.8. The lowest BCUT2D eigenvalue weighted by Gasteiger charge is -2.37. The van der Waals surface area contributed by atoms with Crippen molar-refractivity contribution in [2.45, 2.75) is 26.2 Å². The van der Waals surface area contributed by atoms with Crippen LogP contribution < -0.4 is 5.32 Å². The predicted molar refractivity (Wildman–Crippen MR) is 115 cm³/mol. The van der Waals surface area contributed by atoms with Gasteiger partial charge in [-0.15, -0.1) is 0 Å². The molecule has 0 unspecified atom stereocenters. The molecular formula is C23H29F2N3O. The highest BCUT2D eigenvalue weighted by molar-refractivity contribution is 5.87. The predicted octanol–water partition coefficient (Wildman–Crippen LogP) is 4.90. The fourth-order valence-corrected chi connectivity index (χ4v) is 3.07. The molecule has 1 heterocycles. The molecular weight excluding hydrogens is 372 g/mol. The maximum atomic E-state index is 13.4. The number of piperazine rings is 1. The van der Waals surface area contributed by atoms with E-state index >= 15 is 0 Å². The van der Waals surface area contributed by atoms with Crippen molar-refractivity contribution < 1.29 is 13.6 Å². The SMILES string of the molecule is C=CC(=O)N1CCN(/C(=C/C=C/CC)C(=C)Nc2ccc(C(C)(F)F)cc2)CC1. The Morgan fingerprint density at radius 1 is 1.17 bits per heavy atom. The number of amides is 1. The van der Waals surface area contributed by atoms with Crippen LogP contribution in [-0.2, 0) is 10.7 Å². The molecule has 0 radical (unpaired) electrons. The van der Waals surface area contributed by atoms with E-state index in [-0.39, 0.29) is 11.5 Å². The van der Waals surface area contributed by atoms with Gasteiger partial charge < -0.3 is 15.1 Å². The van der Waals surface area contributed by atoms with Crippen molar-refractivity contribution in [3.05, 3.63) is 78.7 Å². The molecule has 1 amide bonds. The van der Waals surface area contributed by atoms with Gasteiger partial charge in [-0.1, -0.05) is 44.4 Å². The summed E-state index contributed by atoms with van der Waals surface area (Å²) in [6, 6.07) is 6.07.